The number of ether oxygens (including phenoxy) is 1. The molecule has 1 heterocycles. The second-order valence-electron chi connectivity index (χ2n) is 8.17. The molecule has 5 nitrogen and oxygen atoms in total. The molecule has 0 unspecified atom stereocenters. The lowest BCUT2D eigenvalue weighted by atomic mass is 10.0. The molecule has 0 aliphatic heterocycles. The fraction of sp³-hybridized carbons (Fsp3) is 0.308. The molecule has 4 rings (SSSR count). The van der Waals surface area contributed by atoms with E-state index < -0.39 is 11.9 Å². The van der Waals surface area contributed by atoms with Crippen LogP contribution in [0.4, 0.5) is 10.1 Å². The van der Waals surface area contributed by atoms with Crippen LogP contribution in [0.15, 0.2) is 66.0 Å². The largest absolute Gasteiger partial charge is 0.497 e. The van der Waals surface area contributed by atoms with Gasteiger partial charge >= 0.3 is 0 Å². The molecule has 0 radical (unpaired) electrons. The minimum absolute atomic E-state index is 0.0833. The second kappa shape index (κ2) is 10.6. The lowest BCUT2D eigenvalue weighted by molar-refractivity contribution is -0.127. The number of benzene rings is 2. The monoisotopic (exact) mass is 466 g/mol. The number of amides is 2. The molecule has 1 saturated carbocycles. The summed E-state index contributed by atoms with van der Waals surface area (Å²) in [6, 6.07) is 15.8. The van der Waals surface area contributed by atoms with Crippen molar-refractivity contribution in [1.29, 1.82) is 0 Å². The van der Waals surface area contributed by atoms with Gasteiger partial charge in [0.1, 0.15) is 17.6 Å². The van der Waals surface area contributed by atoms with Crippen LogP contribution in [0.1, 0.15) is 42.2 Å². The number of rotatable bonds is 8. The number of methoxy groups -OCH3 is 1. The van der Waals surface area contributed by atoms with Crippen molar-refractivity contribution in [3.8, 4) is 5.75 Å². The van der Waals surface area contributed by atoms with Gasteiger partial charge in [-0.05, 0) is 60.2 Å². The SMILES string of the molecule is COc1ccc([C@H](C(=O)NC2CCCC2)N(C(=O)Cc2cccs2)c2cccc(F)c2)cc1. The third kappa shape index (κ3) is 5.60. The minimum Gasteiger partial charge on any atom is -0.497 e. The number of anilines is 1. The lowest BCUT2D eigenvalue weighted by Gasteiger charge is -2.32. The third-order valence-corrected chi connectivity index (χ3v) is 6.78. The Hall–Kier alpha value is -3.19. The summed E-state index contributed by atoms with van der Waals surface area (Å²) in [7, 11) is 1.57. The molecule has 1 fully saturated rings. The Bertz CT molecular complexity index is 1080. The van der Waals surface area contributed by atoms with Crippen molar-refractivity contribution in [2.45, 2.75) is 44.2 Å². The molecule has 2 aromatic carbocycles. The summed E-state index contributed by atoms with van der Waals surface area (Å²) in [5.41, 5.74) is 0.981. The molecule has 3 aromatic rings. The Labute approximate surface area is 197 Å². The van der Waals surface area contributed by atoms with Crippen LogP contribution in [0.2, 0.25) is 0 Å². The number of nitrogens with zero attached hydrogens (tertiary/aromatic N) is 1. The first-order chi connectivity index (χ1) is 16.0. The van der Waals surface area contributed by atoms with E-state index in [-0.39, 0.29) is 24.3 Å². The van der Waals surface area contributed by atoms with Gasteiger partial charge in [0.05, 0.1) is 13.5 Å². The number of halogens is 1. The van der Waals surface area contributed by atoms with Gasteiger partial charge in [-0.2, -0.15) is 0 Å². The van der Waals surface area contributed by atoms with Gasteiger partial charge in [0.25, 0.3) is 0 Å². The molecule has 0 spiro atoms. The summed E-state index contributed by atoms with van der Waals surface area (Å²) in [6.07, 6.45) is 4.11. The minimum atomic E-state index is -0.939. The molecular formula is C26H27FN2O3S. The van der Waals surface area contributed by atoms with Gasteiger partial charge in [0.15, 0.2) is 0 Å². The van der Waals surface area contributed by atoms with Crippen LogP contribution >= 0.6 is 11.3 Å². The fourth-order valence-electron chi connectivity index (χ4n) is 4.26. The van der Waals surface area contributed by atoms with E-state index in [0.717, 1.165) is 30.6 Å². The Morgan fingerprint density at radius 3 is 2.52 bits per heavy atom. The van der Waals surface area contributed by atoms with Crippen LogP contribution < -0.4 is 15.0 Å². The van der Waals surface area contributed by atoms with Crippen molar-refractivity contribution >= 4 is 28.8 Å². The highest BCUT2D eigenvalue weighted by Crippen LogP contribution is 2.31. The highest BCUT2D eigenvalue weighted by Gasteiger charge is 2.34. The topological polar surface area (TPSA) is 58.6 Å². The number of thiophene rings is 1. The first kappa shape index (κ1) is 23.0. The van der Waals surface area contributed by atoms with E-state index >= 15 is 0 Å². The number of carbonyl (C=O) groups is 2. The number of carbonyl (C=O) groups excluding carboxylic acids is 2. The standard InChI is InChI=1S/C26H27FN2O3S/c1-32-22-13-11-18(12-14-22)25(26(31)28-20-7-2-3-8-20)29(21-9-4-6-19(27)16-21)24(30)17-23-10-5-15-33-23/h4-6,9-16,20,25H,2-3,7-8,17H2,1H3,(H,28,31)/t25-/m1/s1. The Morgan fingerprint density at radius 2 is 1.88 bits per heavy atom. The van der Waals surface area contributed by atoms with Crippen molar-refractivity contribution in [1.82, 2.24) is 5.32 Å². The Morgan fingerprint density at radius 1 is 1.12 bits per heavy atom. The van der Waals surface area contributed by atoms with Gasteiger partial charge in [-0.25, -0.2) is 4.39 Å². The zero-order chi connectivity index (χ0) is 23.2. The summed E-state index contributed by atoms with van der Waals surface area (Å²) >= 11 is 1.48. The number of hydrogen-bond acceptors (Lipinski definition) is 4. The fourth-order valence-corrected chi connectivity index (χ4v) is 4.96. The smallest absolute Gasteiger partial charge is 0.248 e. The van der Waals surface area contributed by atoms with Gasteiger partial charge < -0.3 is 10.1 Å². The molecule has 1 aromatic heterocycles. The van der Waals surface area contributed by atoms with E-state index in [0.29, 0.717) is 17.0 Å². The molecule has 1 N–H and O–H groups in total. The first-order valence-corrected chi connectivity index (χ1v) is 12.0. The Kier molecular flexibility index (Phi) is 7.40. The summed E-state index contributed by atoms with van der Waals surface area (Å²) < 4.78 is 19.5. The molecule has 1 aliphatic carbocycles. The van der Waals surface area contributed by atoms with Gasteiger partial charge in [0, 0.05) is 16.6 Å². The third-order valence-electron chi connectivity index (χ3n) is 5.90. The van der Waals surface area contributed by atoms with Crippen LogP contribution in [0.3, 0.4) is 0 Å². The van der Waals surface area contributed by atoms with Gasteiger partial charge in [-0.15, -0.1) is 11.3 Å². The zero-order valence-electron chi connectivity index (χ0n) is 18.5. The molecular weight excluding hydrogens is 439 g/mol. The predicted octanol–water partition coefficient (Wildman–Crippen LogP) is 5.27. The maximum atomic E-state index is 14.2. The molecule has 1 aliphatic rings. The quantitative estimate of drug-likeness (QED) is 0.492. The number of nitrogens with one attached hydrogen (secondary N) is 1. The molecule has 172 valence electrons. The molecule has 33 heavy (non-hydrogen) atoms. The van der Waals surface area contributed by atoms with Crippen molar-refractivity contribution in [2.75, 3.05) is 12.0 Å². The summed E-state index contributed by atoms with van der Waals surface area (Å²) in [5, 5.41) is 5.04. The maximum absolute atomic E-state index is 14.2. The second-order valence-corrected chi connectivity index (χ2v) is 9.20. The Balaban J connectivity index is 1.76. The molecule has 1 atom stereocenters. The highest BCUT2D eigenvalue weighted by atomic mass is 32.1. The molecule has 0 bridgehead atoms. The molecule has 7 heteroatoms. The maximum Gasteiger partial charge on any atom is 0.248 e. The van der Waals surface area contributed by atoms with Crippen LogP contribution in [0.5, 0.6) is 5.75 Å². The van der Waals surface area contributed by atoms with E-state index in [9.17, 15) is 14.0 Å². The van der Waals surface area contributed by atoms with Crippen molar-refractivity contribution in [3.63, 3.8) is 0 Å². The van der Waals surface area contributed by atoms with Gasteiger partial charge in [0.2, 0.25) is 11.8 Å². The molecule has 2 amide bonds. The van der Waals surface area contributed by atoms with Crippen molar-refractivity contribution in [3.05, 3.63) is 82.3 Å². The number of hydrogen-bond donors (Lipinski definition) is 1. The van der Waals surface area contributed by atoms with E-state index in [2.05, 4.69) is 5.32 Å². The van der Waals surface area contributed by atoms with Crippen LogP contribution in [0.25, 0.3) is 0 Å². The zero-order valence-corrected chi connectivity index (χ0v) is 19.3. The van der Waals surface area contributed by atoms with Crippen molar-refractivity contribution in [2.24, 2.45) is 0 Å². The van der Waals surface area contributed by atoms with Crippen LogP contribution in [0, 0.1) is 5.82 Å². The summed E-state index contributed by atoms with van der Waals surface area (Å²) in [4.78, 5) is 29.5. The van der Waals surface area contributed by atoms with Gasteiger partial charge in [-0.3, -0.25) is 14.5 Å². The van der Waals surface area contributed by atoms with E-state index in [1.807, 2.05) is 17.5 Å². The summed E-state index contributed by atoms with van der Waals surface area (Å²) in [6.45, 7) is 0. The average Bonchev–Trinajstić information content (AvgIpc) is 3.52. The van der Waals surface area contributed by atoms with E-state index in [4.69, 9.17) is 4.74 Å². The normalized spacial score (nSPS) is 14.6. The van der Waals surface area contributed by atoms with Gasteiger partial charge in [-0.1, -0.05) is 37.1 Å². The lowest BCUT2D eigenvalue weighted by Crippen LogP contribution is -2.46. The van der Waals surface area contributed by atoms with E-state index in [1.165, 1.54) is 28.4 Å². The van der Waals surface area contributed by atoms with Crippen molar-refractivity contribution < 1.29 is 18.7 Å². The molecule has 0 saturated heterocycles. The highest BCUT2D eigenvalue weighted by molar-refractivity contribution is 7.10. The summed E-state index contributed by atoms with van der Waals surface area (Å²) in [5.74, 6) is -0.358. The average molecular weight is 467 g/mol. The first-order valence-electron chi connectivity index (χ1n) is 11.1. The van der Waals surface area contributed by atoms with Crippen LogP contribution in [-0.2, 0) is 16.0 Å². The van der Waals surface area contributed by atoms with Crippen LogP contribution in [-0.4, -0.2) is 25.0 Å². The van der Waals surface area contributed by atoms with E-state index in [1.54, 1.807) is 43.5 Å². The predicted molar refractivity (Wildman–Crippen MR) is 128 cm³/mol.